The monoisotopic (exact) mass is 297 g/mol. The molecule has 0 spiro atoms. The van der Waals surface area contributed by atoms with E-state index < -0.39 is 7.82 Å². The Bertz CT molecular complexity index is 83.5. The van der Waals surface area contributed by atoms with Crippen molar-refractivity contribution in [1.29, 1.82) is 0 Å². The van der Waals surface area contributed by atoms with Gasteiger partial charge in [0.05, 0.1) is 0 Å². The van der Waals surface area contributed by atoms with Gasteiger partial charge < -0.3 is 20.4 Å². The van der Waals surface area contributed by atoms with Gasteiger partial charge in [0.25, 0.3) is 0 Å². The summed E-state index contributed by atoms with van der Waals surface area (Å²) < 4.78 is 8.88. The van der Waals surface area contributed by atoms with Crippen LogP contribution in [0.1, 0.15) is 5.71 Å². The number of hydrogen-bond donors (Lipinski definition) is 3. The summed E-state index contributed by atoms with van der Waals surface area (Å²) >= 11 is 0. The van der Waals surface area contributed by atoms with E-state index in [4.69, 9.17) is 19.2 Å². The molecule has 1 radical (unpaired) electrons. The van der Waals surface area contributed by atoms with Crippen molar-refractivity contribution in [3.8, 4) is 0 Å². The van der Waals surface area contributed by atoms with Crippen LogP contribution in [-0.2, 0) is 38.7 Å². The maximum Gasteiger partial charge on any atom is 2.00 e. The minimum atomic E-state index is -4.64. The summed E-state index contributed by atoms with van der Waals surface area (Å²) in [5.41, 5.74) is 0. The van der Waals surface area contributed by atoms with Crippen LogP contribution in [0.2, 0.25) is 0 Å². The van der Waals surface area contributed by atoms with Crippen LogP contribution in [0.4, 0.5) is 4.70 Å². The molecule has 0 aromatic carbocycles. The third kappa shape index (κ3) is 118. The quantitative estimate of drug-likeness (QED) is 0.392. The summed E-state index contributed by atoms with van der Waals surface area (Å²) in [6.45, 7) is 0. The van der Waals surface area contributed by atoms with Gasteiger partial charge in [0.15, 0.2) is 0 Å². The maximum absolute atomic E-state index is 8.88. The first-order valence-electron chi connectivity index (χ1n) is 0.783. The van der Waals surface area contributed by atoms with Crippen LogP contribution in [0.3, 0.4) is 0 Å². The van der Waals surface area contributed by atoms with Crippen LogP contribution in [0.15, 0.2) is 0 Å². The summed E-state index contributed by atoms with van der Waals surface area (Å²) in [4.78, 5) is 21.6. The molecule has 4 nitrogen and oxygen atoms in total. The molecule has 0 amide bonds. The summed E-state index contributed by atoms with van der Waals surface area (Å²) in [7, 11) is -4.64. The first kappa shape index (κ1) is 38.0. The summed E-state index contributed by atoms with van der Waals surface area (Å²) in [6, 6.07) is 0. The van der Waals surface area contributed by atoms with Crippen LogP contribution in [0.5, 0.6) is 0 Å². The first-order chi connectivity index (χ1) is 2.00. The molecule has 0 saturated carbocycles. The van der Waals surface area contributed by atoms with Gasteiger partial charge in [-0.1, -0.05) is 0 Å². The molecule has 10 heteroatoms. The van der Waals surface area contributed by atoms with Gasteiger partial charge in [-0.15, -0.1) is 0 Å². The Morgan fingerprint density at radius 1 is 1.20 bits per heavy atom. The third-order valence-electron chi connectivity index (χ3n) is 0. The van der Waals surface area contributed by atoms with Gasteiger partial charge in [-0.2, -0.15) is 0 Å². The van der Waals surface area contributed by atoms with Crippen LogP contribution < -0.4 is 0 Å². The molecule has 0 saturated heterocycles. The van der Waals surface area contributed by atoms with Gasteiger partial charge >= 0.3 is 68.6 Å². The Kier molecular flexibility index (Phi) is 68.5. The second-order valence-corrected chi connectivity index (χ2v) is 1.54. The van der Waals surface area contributed by atoms with Gasteiger partial charge in [0, 0.05) is 34.1 Å². The molecule has 10 heavy (non-hydrogen) atoms. The second kappa shape index (κ2) is 18.0. The molecular weight excluding hydrogens is 289 g/mol. The number of hydrogen-bond acceptors (Lipinski definition) is 1. The first-order valence-corrected chi connectivity index (χ1v) is 2.35. The van der Waals surface area contributed by atoms with Gasteiger partial charge in [-0.3, -0.25) is 4.70 Å². The predicted octanol–water partition coefficient (Wildman–Crippen LogP) is -1.09. The van der Waals surface area contributed by atoms with Gasteiger partial charge in [0.1, 0.15) is 0 Å². The Labute approximate surface area is 131 Å². The van der Waals surface area contributed by atoms with E-state index in [1.54, 1.807) is 0 Å². The molecule has 0 fully saturated rings. The van der Waals surface area contributed by atoms with Crippen LogP contribution >= 0.6 is 7.82 Å². The average molecular weight is 297 g/mol. The van der Waals surface area contributed by atoms with E-state index in [9.17, 15) is 0 Å². The molecule has 0 aliphatic heterocycles. The Balaban J connectivity index is -0.00000000222. The summed E-state index contributed by atoms with van der Waals surface area (Å²) in [5, 5.41) is 0. The topological polar surface area (TPSA) is 77.8 Å². The van der Waals surface area contributed by atoms with Crippen LogP contribution in [-0.4, -0.2) is 75.5 Å². The normalized spacial score (nSPS) is 5.90. The predicted molar refractivity (Wildman–Crippen MR) is 32.7 cm³/mol. The zero-order valence-electron chi connectivity index (χ0n) is 8.75. The van der Waals surface area contributed by atoms with Gasteiger partial charge in [0.2, 0.25) is 0 Å². The molecule has 0 bridgehead atoms. The van der Waals surface area contributed by atoms with E-state index >= 15 is 0 Å². The zero-order chi connectivity index (χ0) is 4.50. The van der Waals surface area contributed by atoms with E-state index in [2.05, 4.69) is 0 Å². The van der Waals surface area contributed by atoms with Crippen molar-refractivity contribution in [1.82, 2.24) is 0 Å². The van der Waals surface area contributed by atoms with Crippen molar-refractivity contribution in [2.24, 2.45) is 0 Å². The van der Waals surface area contributed by atoms with E-state index in [-0.39, 0.29) is 105 Å². The average Bonchev–Trinajstić information content (AvgIpc) is 0.722. The maximum atomic E-state index is 8.88. The minimum absolute atomic E-state index is 0. The zero-order valence-corrected chi connectivity index (χ0v) is 11.6. The molecule has 63 valence electrons. The van der Waals surface area contributed by atoms with E-state index in [0.29, 0.717) is 0 Å². The SMILES string of the molecule is F.O=P(O)(O)O.[Ca+2].[Fe].[H-].[H-].[H-].[H-].[Mg+2].[Mn]. The fraction of sp³-hybridized carbons (Fsp3) is 0. The molecule has 0 rings (SSSR count). The summed E-state index contributed by atoms with van der Waals surface area (Å²) in [6.07, 6.45) is 0. The second-order valence-electron chi connectivity index (χ2n) is 0.513. The molecule has 0 atom stereocenters. The van der Waals surface area contributed by atoms with Crippen molar-refractivity contribution >= 4 is 68.6 Å². The Morgan fingerprint density at radius 3 is 1.20 bits per heavy atom. The van der Waals surface area contributed by atoms with Crippen molar-refractivity contribution in [2.45, 2.75) is 0 Å². The fourth-order valence-corrected chi connectivity index (χ4v) is 0. The van der Waals surface area contributed by atoms with Gasteiger partial charge in [-0.25, -0.2) is 4.57 Å². The van der Waals surface area contributed by atoms with E-state index in [0.717, 1.165) is 0 Å². The van der Waals surface area contributed by atoms with E-state index in [1.165, 1.54) is 0 Å². The van der Waals surface area contributed by atoms with Gasteiger partial charge in [-0.05, 0) is 0 Å². The number of rotatable bonds is 0. The molecule has 0 aliphatic rings. The number of halogens is 1. The number of phosphoric acid groups is 1. The minimum Gasteiger partial charge on any atom is -1.00 e. The fourth-order valence-electron chi connectivity index (χ4n) is 0. The van der Waals surface area contributed by atoms with Crippen molar-refractivity contribution < 1.29 is 63.8 Å². The Morgan fingerprint density at radius 2 is 1.20 bits per heavy atom. The van der Waals surface area contributed by atoms with Crippen molar-refractivity contribution in [3.05, 3.63) is 0 Å². The molecule has 3 N–H and O–H groups in total. The molecule has 0 heterocycles. The largest absolute Gasteiger partial charge is 2.00 e. The van der Waals surface area contributed by atoms with Crippen molar-refractivity contribution in [2.75, 3.05) is 0 Å². The van der Waals surface area contributed by atoms with E-state index in [1.807, 2.05) is 0 Å². The van der Waals surface area contributed by atoms with Crippen LogP contribution in [0.25, 0.3) is 0 Å². The standard InChI is InChI=1S/Ca.FH.Fe.Mg.Mn.H3O4P.4H/c;;;;;1-5(2,3)4;;;;/h;1H;;;;(H3,1,2,3,4);;;;/q+2;;;+2;;;4*-1. The van der Waals surface area contributed by atoms with Crippen molar-refractivity contribution in [3.63, 3.8) is 0 Å². The molecular formula is H8CaFFeMgMnO4P. The smallest absolute Gasteiger partial charge is 1.00 e. The summed E-state index contributed by atoms with van der Waals surface area (Å²) in [5.74, 6) is 0. The molecule has 0 aromatic rings. The molecule has 0 aromatic heterocycles. The molecule has 0 unspecified atom stereocenters. The molecule has 0 aliphatic carbocycles. The van der Waals surface area contributed by atoms with Crippen LogP contribution in [0, 0.1) is 0 Å². The third-order valence-corrected chi connectivity index (χ3v) is 0. The Hall–Kier alpha value is 3.10.